The second kappa shape index (κ2) is 12.2. The molecule has 0 unspecified atom stereocenters. The van der Waals surface area contributed by atoms with Gasteiger partial charge < -0.3 is 25.8 Å². The van der Waals surface area contributed by atoms with Gasteiger partial charge >= 0.3 is 5.97 Å². The Morgan fingerprint density at radius 3 is 2.21 bits per heavy atom. The molecule has 4 N–H and O–H groups in total. The minimum Gasteiger partial charge on any atom is -0.452 e. The molecule has 0 spiro atoms. The van der Waals surface area contributed by atoms with E-state index in [0.29, 0.717) is 23.5 Å². The smallest absolute Gasteiger partial charge is 0.340 e. The first-order chi connectivity index (χ1) is 16.5. The van der Waals surface area contributed by atoms with Gasteiger partial charge in [-0.05, 0) is 36.8 Å². The molecule has 0 heterocycles. The highest BCUT2D eigenvalue weighted by Gasteiger charge is 2.16. The van der Waals surface area contributed by atoms with Crippen LogP contribution in [0.5, 0.6) is 0 Å². The number of ether oxygens (including phenoxy) is 1. The molecule has 0 aliphatic rings. The average molecular weight is 462 g/mol. The molecule has 8 nitrogen and oxygen atoms in total. The number of amides is 2. The number of anilines is 2. The molecule has 0 radical (unpaired) electrons. The Morgan fingerprint density at radius 2 is 1.50 bits per heavy atom. The zero-order valence-electron chi connectivity index (χ0n) is 18.8. The summed E-state index contributed by atoms with van der Waals surface area (Å²) in [5, 5.41) is 17.4. The molecule has 176 valence electrons. The van der Waals surface area contributed by atoms with Crippen molar-refractivity contribution in [1.29, 1.82) is 0 Å². The molecule has 3 aromatic rings. The first-order valence-electron chi connectivity index (χ1n) is 10.8. The Morgan fingerprint density at radius 1 is 0.853 bits per heavy atom. The van der Waals surface area contributed by atoms with Crippen molar-refractivity contribution in [3.63, 3.8) is 0 Å². The first kappa shape index (κ1) is 24.5. The first-order valence-corrected chi connectivity index (χ1v) is 10.8. The topological polar surface area (TPSA) is 117 Å². The molecule has 34 heavy (non-hydrogen) atoms. The van der Waals surface area contributed by atoms with Crippen LogP contribution in [0.4, 0.5) is 11.4 Å². The van der Waals surface area contributed by atoms with Crippen LogP contribution in [-0.4, -0.2) is 42.6 Å². The molecule has 3 aromatic carbocycles. The van der Waals surface area contributed by atoms with Gasteiger partial charge in [0, 0.05) is 18.8 Å². The molecule has 0 aromatic heterocycles. The number of carbonyl (C=O) groups is 3. The van der Waals surface area contributed by atoms with E-state index in [1.807, 2.05) is 31.2 Å². The second-order valence-corrected chi connectivity index (χ2v) is 7.53. The van der Waals surface area contributed by atoms with Gasteiger partial charge in [-0.3, -0.25) is 9.59 Å². The molecule has 2 amide bonds. The number of para-hydroxylation sites is 2. The van der Waals surface area contributed by atoms with Gasteiger partial charge in [-0.25, -0.2) is 4.79 Å². The predicted molar refractivity (Wildman–Crippen MR) is 130 cm³/mol. The number of aryl methyl sites for hydroxylation is 1. The number of aliphatic hydroxyl groups excluding tert-OH is 1. The Hall–Kier alpha value is -4.17. The van der Waals surface area contributed by atoms with Gasteiger partial charge in [0.1, 0.15) is 0 Å². The summed E-state index contributed by atoms with van der Waals surface area (Å²) in [6, 6.07) is 21.1. The van der Waals surface area contributed by atoms with Crippen LogP contribution in [0.15, 0.2) is 72.8 Å². The molecule has 0 fully saturated rings. The predicted octanol–water partition coefficient (Wildman–Crippen LogP) is 3.12. The van der Waals surface area contributed by atoms with Crippen molar-refractivity contribution in [3.8, 4) is 0 Å². The summed E-state index contributed by atoms with van der Waals surface area (Å²) in [4.78, 5) is 37.5. The van der Waals surface area contributed by atoms with Crippen molar-refractivity contribution in [2.24, 2.45) is 0 Å². The van der Waals surface area contributed by atoms with E-state index in [1.54, 1.807) is 48.5 Å². The van der Waals surface area contributed by atoms with E-state index < -0.39 is 18.5 Å². The van der Waals surface area contributed by atoms with E-state index in [9.17, 15) is 14.4 Å². The SMILES string of the molecule is Cc1ccc(CNC(=O)c2ccccc2NC(=O)COC(=O)c2ccccc2NCCO)cc1. The zero-order chi connectivity index (χ0) is 24.3. The van der Waals surface area contributed by atoms with E-state index in [0.717, 1.165) is 11.1 Å². The fraction of sp³-hybridized carbons (Fsp3) is 0.192. The van der Waals surface area contributed by atoms with Crippen molar-refractivity contribution < 1.29 is 24.2 Å². The number of benzene rings is 3. The number of rotatable bonds is 10. The molecule has 0 aliphatic carbocycles. The van der Waals surface area contributed by atoms with Gasteiger partial charge in [0.25, 0.3) is 11.8 Å². The third kappa shape index (κ3) is 6.91. The van der Waals surface area contributed by atoms with Crippen LogP contribution in [0.25, 0.3) is 0 Å². The van der Waals surface area contributed by atoms with Crippen LogP contribution in [0.1, 0.15) is 31.8 Å². The lowest BCUT2D eigenvalue weighted by Crippen LogP contribution is -2.26. The largest absolute Gasteiger partial charge is 0.452 e. The van der Waals surface area contributed by atoms with E-state index in [-0.39, 0.29) is 24.6 Å². The summed E-state index contributed by atoms with van der Waals surface area (Å²) in [6.07, 6.45) is 0. The number of carbonyl (C=O) groups excluding carboxylic acids is 3. The molecular formula is C26H27N3O5. The summed E-state index contributed by atoms with van der Waals surface area (Å²) in [5.74, 6) is -1.59. The van der Waals surface area contributed by atoms with Crippen LogP contribution in [0.2, 0.25) is 0 Å². The van der Waals surface area contributed by atoms with Crippen molar-refractivity contribution in [1.82, 2.24) is 5.32 Å². The number of hydrogen-bond acceptors (Lipinski definition) is 6. The highest BCUT2D eigenvalue weighted by molar-refractivity contribution is 6.04. The van der Waals surface area contributed by atoms with E-state index in [4.69, 9.17) is 9.84 Å². The molecule has 0 saturated carbocycles. The van der Waals surface area contributed by atoms with E-state index >= 15 is 0 Å². The number of hydrogen-bond donors (Lipinski definition) is 4. The lowest BCUT2D eigenvalue weighted by Gasteiger charge is -2.13. The zero-order valence-corrected chi connectivity index (χ0v) is 18.8. The van der Waals surface area contributed by atoms with Gasteiger partial charge in [-0.1, -0.05) is 54.1 Å². The van der Waals surface area contributed by atoms with Gasteiger partial charge in [-0.2, -0.15) is 0 Å². The quantitative estimate of drug-likeness (QED) is 0.345. The van der Waals surface area contributed by atoms with Gasteiger partial charge in [0.2, 0.25) is 0 Å². The highest BCUT2D eigenvalue weighted by Crippen LogP contribution is 2.17. The minimum absolute atomic E-state index is 0.0935. The van der Waals surface area contributed by atoms with Crippen molar-refractivity contribution >= 4 is 29.2 Å². The molecule has 8 heteroatoms. The second-order valence-electron chi connectivity index (χ2n) is 7.53. The maximum absolute atomic E-state index is 12.7. The summed E-state index contributed by atoms with van der Waals surface area (Å²) in [5.41, 5.74) is 3.45. The van der Waals surface area contributed by atoms with E-state index in [1.165, 1.54) is 0 Å². The van der Waals surface area contributed by atoms with E-state index in [2.05, 4.69) is 16.0 Å². The standard InChI is InChI=1S/C26H27N3O5/c1-18-10-12-19(13-11-18)16-28-25(32)20-6-2-5-9-23(20)29-24(31)17-34-26(33)21-7-3-4-8-22(21)27-14-15-30/h2-13,27,30H,14-17H2,1H3,(H,28,32)(H,29,31). The third-order valence-corrected chi connectivity index (χ3v) is 4.93. The summed E-state index contributed by atoms with van der Waals surface area (Å²) >= 11 is 0. The normalized spacial score (nSPS) is 10.3. The van der Waals surface area contributed by atoms with Gasteiger partial charge in [-0.15, -0.1) is 0 Å². The Kier molecular flexibility index (Phi) is 8.76. The average Bonchev–Trinajstić information content (AvgIpc) is 2.86. The van der Waals surface area contributed by atoms with Gasteiger partial charge in [0.05, 0.1) is 23.4 Å². The van der Waals surface area contributed by atoms with Crippen LogP contribution in [0, 0.1) is 6.92 Å². The molecule has 0 atom stereocenters. The molecule has 3 rings (SSSR count). The molecule has 0 saturated heterocycles. The third-order valence-electron chi connectivity index (χ3n) is 4.93. The molecule has 0 bridgehead atoms. The molecule has 0 aliphatic heterocycles. The summed E-state index contributed by atoms with van der Waals surface area (Å²) in [7, 11) is 0. The Bertz CT molecular complexity index is 1150. The van der Waals surface area contributed by atoms with Crippen molar-refractivity contribution in [3.05, 3.63) is 95.1 Å². The van der Waals surface area contributed by atoms with Crippen LogP contribution in [0.3, 0.4) is 0 Å². The summed E-state index contributed by atoms with van der Waals surface area (Å²) in [6.45, 7) is 2.00. The van der Waals surface area contributed by atoms with Crippen LogP contribution >= 0.6 is 0 Å². The van der Waals surface area contributed by atoms with Gasteiger partial charge in [0.15, 0.2) is 6.61 Å². The number of esters is 1. The monoisotopic (exact) mass is 461 g/mol. The number of aliphatic hydroxyl groups is 1. The lowest BCUT2D eigenvalue weighted by molar-refractivity contribution is -0.119. The Balaban J connectivity index is 1.58. The van der Waals surface area contributed by atoms with Crippen molar-refractivity contribution in [2.45, 2.75) is 13.5 Å². The summed E-state index contributed by atoms with van der Waals surface area (Å²) < 4.78 is 5.14. The lowest BCUT2D eigenvalue weighted by atomic mass is 10.1. The molecular weight excluding hydrogens is 434 g/mol. The highest BCUT2D eigenvalue weighted by atomic mass is 16.5. The van der Waals surface area contributed by atoms with Crippen LogP contribution in [-0.2, 0) is 16.1 Å². The fourth-order valence-corrected chi connectivity index (χ4v) is 3.17. The number of nitrogens with one attached hydrogen (secondary N) is 3. The Labute approximate surface area is 198 Å². The maximum atomic E-state index is 12.7. The van der Waals surface area contributed by atoms with Crippen LogP contribution < -0.4 is 16.0 Å². The maximum Gasteiger partial charge on any atom is 0.340 e. The fourth-order valence-electron chi connectivity index (χ4n) is 3.17. The minimum atomic E-state index is -0.680. The van der Waals surface area contributed by atoms with Crippen molar-refractivity contribution in [2.75, 3.05) is 30.4 Å².